The zero-order valence-electron chi connectivity index (χ0n) is 21.0. The van der Waals surface area contributed by atoms with Gasteiger partial charge in [0, 0.05) is 29.0 Å². The molecule has 0 saturated heterocycles. The van der Waals surface area contributed by atoms with E-state index in [4.69, 9.17) is 9.15 Å². The number of amides is 1. The number of aromatic nitrogens is 2. The molecule has 1 N–H and O–H groups in total. The third-order valence-electron chi connectivity index (χ3n) is 6.06. The van der Waals surface area contributed by atoms with E-state index in [1.54, 1.807) is 18.3 Å². The minimum absolute atomic E-state index is 0.165. The molecule has 3 heterocycles. The second-order valence-electron chi connectivity index (χ2n) is 8.84. The summed E-state index contributed by atoms with van der Waals surface area (Å²) in [5, 5.41) is 4.10. The second-order valence-corrected chi connectivity index (χ2v) is 8.84. The van der Waals surface area contributed by atoms with Crippen LogP contribution >= 0.6 is 0 Å². The number of carbonyl (C=O) groups excluding carboxylic acids is 1. The minimum Gasteiger partial charge on any atom is -0.486 e. The van der Waals surface area contributed by atoms with E-state index in [1.165, 1.54) is 17.0 Å². The van der Waals surface area contributed by atoms with Crippen molar-refractivity contribution in [3.05, 3.63) is 125 Å². The minimum atomic E-state index is -0.432. The maximum Gasteiger partial charge on any atom is 0.307 e. The fraction of sp³-hybridized carbons (Fsp3) is 0.133. The average molecular weight is 493 g/mol. The molecule has 7 heteroatoms. The number of rotatable bonds is 8. The summed E-state index contributed by atoms with van der Waals surface area (Å²) < 4.78 is 15.7. The Hall–Kier alpha value is -4.78. The van der Waals surface area contributed by atoms with Crippen LogP contribution in [-0.4, -0.2) is 21.3 Å². The third-order valence-corrected chi connectivity index (χ3v) is 6.06. The molecule has 0 radical (unpaired) electrons. The first-order valence-corrected chi connectivity index (χ1v) is 12.0. The Morgan fingerprint density at radius 1 is 0.919 bits per heavy atom. The molecule has 5 aromatic rings. The Morgan fingerprint density at radius 2 is 1.70 bits per heavy atom. The Morgan fingerprint density at radius 3 is 2.46 bits per heavy atom. The van der Waals surface area contributed by atoms with Gasteiger partial charge in [0.2, 0.25) is 0 Å². The summed E-state index contributed by atoms with van der Waals surface area (Å²) in [5.74, 6) is 0.996. The zero-order chi connectivity index (χ0) is 25.8. The van der Waals surface area contributed by atoms with E-state index >= 15 is 0 Å². The first-order valence-electron chi connectivity index (χ1n) is 12.0. The highest BCUT2D eigenvalue weighted by molar-refractivity contribution is 5.92. The van der Waals surface area contributed by atoms with Crippen LogP contribution in [0.25, 0.3) is 11.4 Å². The van der Waals surface area contributed by atoms with Crippen LogP contribution in [0.15, 0.2) is 101 Å². The third kappa shape index (κ3) is 5.41. The van der Waals surface area contributed by atoms with Crippen LogP contribution in [0, 0.1) is 20.8 Å². The van der Waals surface area contributed by atoms with Crippen LogP contribution in [0.1, 0.15) is 39.0 Å². The van der Waals surface area contributed by atoms with Crippen molar-refractivity contribution in [2.75, 3.05) is 0 Å². The normalized spacial score (nSPS) is 11.2. The van der Waals surface area contributed by atoms with Crippen molar-refractivity contribution < 1.29 is 13.9 Å². The van der Waals surface area contributed by atoms with Crippen molar-refractivity contribution in [1.82, 2.24) is 14.6 Å². The molecule has 0 bridgehead atoms. The number of nitrogens with one attached hydrogen (secondary N) is 1. The van der Waals surface area contributed by atoms with Gasteiger partial charge in [0.1, 0.15) is 18.1 Å². The van der Waals surface area contributed by atoms with Crippen molar-refractivity contribution >= 4 is 12.1 Å². The topological polar surface area (TPSA) is 73.7 Å². The smallest absolute Gasteiger partial charge is 0.307 e. The lowest BCUT2D eigenvalue weighted by molar-refractivity contribution is 0.0923. The molecule has 0 unspecified atom stereocenters. The number of hydrogen-bond acceptors (Lipinski definition) is 4. The van der Waals surface area contributed by atoms with Crippen molar-refractivity contribution in [3.8, 4) is 17.1 Å². The molecule has 0 fully saturated rings. The summed E-state index contributed by atoms with van der Waals surface area (Å²) in [4.78, 5) is 12.5. The average Bonchev–Trinajstić information content (AvgIpc) is 3.64. The summed E-state index contributed by atoms with van der Waals surface area (Å²) >= 11 is 0. The quantitative estimate of drug-likeness (QED) is 0.209. The molecule has 3 aromatic heterocycles. The lowest BCUT2D eigenvalue weighted by Crippen LogP contribution is -2.17. The fourth-order valence-electron chi connectivity index (χ4n) is 4.22. The number of hydrogen-bond donors (Lipinski definition) is 1. The number of hydrazone groups is 1. The summed E-state index contributed by atoms with van der Waals surface area (Å²) in [6, 6.07) is 27.4. The van der Waals surface area contributed by atoms with Gasteiger partial charge in [-0.3, -0.25) is 4.79 Å². The van der Waals surface area contributed by atoms with E-state index in [9.17, 15) is 4.79 Å². The Kier molecular flexibility index (Phi) is 6.76. The number of carbonyl (C=O) groups is 1. The van der Waals surface area contributed by atoms with E-state index in [2.05, 4.69) is 47.1 Å². The molecule has 37 heavy (non-hydrogen) atoms. The summed E-state index contributed by atoms with van der Waals surface area (Å²) in [7, 11) is 0. The Labute approximate surface area is 215 Å². The van der Waals surface area contributed by atoms with E-state index in [0.717, 1.165) is 22.8 Å². The molecule has 7 nitrogen and oxygen atoms in total. The molecule has 0 aliphatic heterocycles. The van der Waals surface area contributed by atoms with Gasteiger partial charge < -0.3 is 18.3 Å². The molecule has 0 aliphatic carbocycles. The molecular weight excluding hydrogens is 464 g/mol. The Balaban J connectivity index is 1.16. The molecular formula is C30H28N4O3. The zero-order valence-corrected chi connectivity index (χ0v) is 21.0. The number of nitrogens with zero attached hydrogens (tertiary/aromatic N) is 3. The molecule has 1 amide bonds. The number of furan rings is 1. The highest BCUT2D eigenvalue weighted by Crippen LogP contribution is 2.21. The van der Waals surface area contributed by atoms with Gasteiger partial charge in [0.15, 0.2) is 5.76 Å². The molecule has 0 spiro atoms. The van der Waals surface area contributed by atoms with Crippen molar-refractivity contribution in [3.63, 3.8) is 0 Å². The van der Waals surface area contributed by atoms with Crippen LogP contribution in [0.5, 0.6) is 5.75 Å². The first-order chi connectivity index (χ1) is 18.0. The number of benzene rings is 2. The summed E-state index contributed by atoms with van der Waals surface area (Å²) in [5.41, 5.74) is 8.99. The van der Waals surface area contributed by atoms with Crippen LogP contribution in [0.4, 0.5) is 0 Å². The van der Waals surface area contributed by atoms with Gasteiger partial charge in [-0.15, -0.1) is 0 Å². The molecule has 0 atom stereocenters. The largest absolute Gasteiger partial charge is 0.486 e. The highest BCUT2D eigenvalue weighted by atomic mass is 16.5. The fourth-order valence-corrected chi connectivity index (χ4v) is 4.22. The molecule has 0 saturated carbocycles. The van der Waals surface area contributed by atoms with E-state index < -0.39 is 5.91 Å². The summed E-state index contributed by atoms with van der Waals surface area (Å²) in [6.45, 7) is 6.42. The van der Waals surface area contributed by atoms with Gasteiger partial charge in [0.25, 0.3) is 0 Å². The SMILES string of the molecule is Cc1cccc(-n2cccc2C=NNC(=O)c2ccc(COc3ccc(-n4c(C)ccc4C)cc3)o2)c1. The van der Waals surface area contributed by atoms with Crippen LogP contribution < -0.4 is 10.2 Å². The van der Waals surface area contributed by atoms with E-state index in [0.29, 0.717) is 5.76 Å². The van der Waals surface area contributed by atoms with E-state index in [1.807, 2.05) is 72.3 Å². The number of ether oxygens (including phenoxy) is 1. The lowest BCUT2D eigenvalue weighted by atomic mass is 10.2. The van der Waals surface area contributed by atoms with Crippen molar-refractivity contribution in [2.24, 2.45) is 5.10 Å². The van der Waals surface area contributed by atoms with Crippen molar-refractivity contribution in [1.29, 1.82) is 0 Å². The highest BCUT2D eigenvalue weighted by Gasteiger charge is 2.11. The van der Waals surface area contributed by atoms with Crippen LogP contribution in [-0.2, 0) is 6.61 Å². The molecule has 2 aromatic carbocycles. The van der Waals surface area contributed by atoms with Crippen LogP contribution in [0.3, 0.4) is 0 Å². The van der Waals surface area contributed by atoms with Gasteiger partial charge in [-0.25, -0.2) is 5.43 Å². The second kappa shape index (κ2) is 10.5. The summed E-state index contributed by atoms with van der Waals surface area (Å²) in [6.07, 6.45) is 3.56. The molecule has 186 valence electrons. The van der Waals surface area contributed by atoms with Gasteiger partial charge in [-0.2, -0.15) is 5.10 Å². The van der Waals surface area contributed by atoms with Gasteiger partial charge in [-0.1, -0.05) is 12.1 Å². The predicted molar refractivity (Wildman–Crippen MR) is 144 cm³/mol. The van der Waals surface area contributed by atoms with Gasteiger partial charge >= 0.3 is 5.91 Å². The monoisotopic (exact) mass is 492 g/mol. The first kappa shape index (κ1) is 23.9. The number of aryl methyl sites for hydroxylation is 3. The van der Waals surface area contributed by atoms with Crippen molar-refractivity contribution in [2.45, 2.75) is 27.4 Å². The maximum absolute atomic E-state index is 12.5. The van der Waals surface area contributed by atoms with Crippen LogP contribution in [0.2, 0.25) is 0 Å². The maximum atomic E-state index is 12.5. The lowest BCUT2D eigenvalue weighted by Gasteiger charge is -2.10. The van der Waals surface area contributed by atoms with Gasteiger partial charge in [0.05, 0.1) is 11.9 Å². The Bertz CT molecular complexity index is 1530. The standard InChI is InChI=1S/C30H28N4O3/c1-21-6-4-7-25(18-21)33-17-5-8-26(33)19-31-32-30(35)29-16-15-28(37-29)20-36-27-13-11-24(12-14-27)34-22(2)9-10-23(34)3/h4-19H,20H2,1-3H3,(H,32,35). The van der Waals surface area contributed by atoms with Gasteiger partial charge in [-0.05, 0) is 99.1 Å². The van der Waals surface area contributed by atoms with E-state index in [-0.39, 0.29) is 12.4 Å². The predicted octanol–water partition coefficient (Wildman–Crippen LogP) is 6.13. The molecule has 5 rings (SSSR count). The molecule has 0 aliphatic rings.